The molecule has 2 atom stereocenters. The zero-order valence-electron chi connectivity index (χ0n) is 14.3. The van der Waals surface area contributed by atoms with E-state index in [9.17, 15) is 0 Å². The van der Waals surface area contributed by atoms with Crippen LogP contribution in [-0.4, -0.2) is 16.3 Å². The molecule has 1 aromatic heterocycles. The van der Waals surface area contributed by atoms with Gasteiger partial charge < -0.3 is 5.32 Å². The van der Waals surface area contributed by atoms with Gasteiger partial charge in [-0.2, -0.15) is 5.10 Å². The molecule has 1 heterocycles. The molecule has 0 saturated carbocycles. The summed E-state index contributed by atoms with van der Waals surface area (Å²) >= 11 is 0. The van der Waals surface area contributed by atoms with Crippen LogP contribution in [0.2, 0.25) is 0 Å². The molecule has 0 aliphatic heterocycles. The maximum atomic E-state index is 4.92. The van der Waals surface area contributed by atoms with Crippen molar-refractivity contribution in [2.75, 3.05) is 6.54 Å². The molecule has 1 N–H and O–H groups in total. The third kappa shape index (κ3) is 3.85. The van der Waals surface area contributed by atoms with Gasteiger partial charge in [0.25, 0.3) is 0 Å². The summed E-state index contributed by atoms with van der Waals surface area (Å²) in [6, 6.07) is 0.912. The zero-order valence-corrected chi connectivity index (χ0v) is 14.3. The van der Waals surface area contributed by atoms with Crippen LogP contribution in [0.1, 0.15) is 89.8 Å². The van der Waals surface area contributed by atoms with Crippen molar-refractivity contribution in [1.82, 2.24) is 15.1 Å². The molecule has 20 heavy (non-hydrogen) atoms. The van der Waals surface area contributed by atoms with Gasteiger partial charge in [0.2, 0.25) is 0 Å². The molecular formula is C17H33N3. The van der Waals surface area contributed by atoms with Gasteiger partial charge >= 0.3 is 0 Å². The average molecular weight is 279 g/mol. The first-order valence-corrected chi connectivity index (χ1v) is 8.43. The summed E-state index contributed by atoms with van der Waals surface area (Å²) in [5.74, 6) is 0. The molecule has 116 valence electrons. The summed E-state index contributed by atoms with van der Waals surface area (Å²) in [6.07, 6.45) is 5.67. The van der Waals surface area contributed by atoms with Crippen LogP contribution in [0.4, 0.5) is 0 Å². The molecule has 0 spiro atoms. The molecule has 0 aliphatic rings. The van der Waals surface area contributed by atoms with Gasteiger partial charge in [-0.1, -0.05) is 34.1 Å². The van der Waals surface area contributed by atoms with Crippen LogP contribution in [0.5, 0.6) is 0 Å². The van der Waals surface area contributed by atoms with Crippen molar-refractivity contribution in [3.8, 4) is 0 Å². The lowest BCUT2D eigenvalue weighted by molar-refractivity contribution is 0.436. The second-order valence-electron chi connectivity index (χ2n) is 5.77. The number of hydrogen-bond acceptors (Lipinski definition) is 2. The van der Waals surface area contributed by atoms with Crippen LogP contribution < -0.4 is 5.32 Å². The van der Waals surface area contributed by atoms with Gasteiger partial charge in [0, 0.05) is 23.3 Å². The minimum atomic E-state index is 0.405. The van der Waals surface area contributed by atoms with Crippen molar-refractivity contribution in [2.45, 2.75) is 85.7 Å². The number of aromatic nitrogens is 2. The summed E-state index contributed by atoms with van der Waals surface area (Å²) < 4.78 is 2.29. The highest BCUT2D eigenvalue weighted by Crippen LogP contribution is 2.27. The third-order valence-electron chi connectivity index (χ3n) is 4.05. The minimum Gasteiger partial charge on any atom is -0.310 e. The van der Waals surface area contributed by atoms with Crippen molar-refractivity contribution >= 4 is 0 Å². The average Bonchev–Trinajstić information content (AvgIpc) is 2.83. The van der Waals surface area contributed by atoms with Gasteiger partial charge in [-0.15, -0.1) is 0 Å². The first-order valence-electron chi connectivity index (χ1n) is 8.43. The number of hydrogen-bond donors (Lipinski definition) is 1. The Bertz CT molecular complexity index is 395. The Kier molecular flexibility index (Phi) is 7.28. The Morgan fingerprint density at radius 3 is 2.25 bits per heavy atom. The molecular weight excluding hydrogens is 246 g/mol. The highest BCUT2D eigenvalue weighted by atomic mass is 15.3. The molecule has 0 aliphatic carbocycles. The summed E-state index contributed by atoms with van der Waals surface area (Å²) in [5.41, 5.74) is 4.16. The van der Waals surface area contributed by atoms with E-state index in [1.54, 1.807) is 0 Å². The fraction of sp³-hybridized carbons (Fsp3) is 0.824. The predicted molar refractivity (Wildman–Crippen MR) is 87.3 cm³/mol. The smallest absolute Gasteiger partial charge is 0.0672 e. The summed E-state index contributed by atoms with van der Waals surface area (Å²) in [6.45, 7) is 14.6. The van der Waals surface area contributed by atoms with Crippen LogP contribution in [0.25, 0.3) is 0 Å². The monoisotopic (exact) mass is 279 g/mol. The fourth-order valence-corrected chi connectivity index (χ4v) is 3.02. The molecule has 3 nitrogen and oxygen atoms in total. The molecule has 0 fully saturated rings. The van der Waals surface area contributed by atoms with E-state index in [1.165, 1.54) is 36.2 Å². The molecule has 3 heteroatoms. The lowest BCUT2D eigenvalue weighted by Crippen LogP contribution is -2.21. The Labute approximate surface area is 125 Å². The predicted octanol–water partition coefficient (Wildman–Crippen LogP) is 4.43. The Hall–Kier alpha value is -0.830. The maximum Gasteiger partial charge on any atom is 0.0672 e. The second kappa shape index (κ2) is 8.46. The summed E-state index contributed by atoms with van der Waals surface area (Å²) in [4.78, 5) is 0. The van der Waals surface area contributed by atoms with Crippen LogP contribution in [0, 0.1) is 0 Å². The zero-order chi connectivity index (χ0) is 15.1. The van der Waals surface area contributed by atoms with E-state index in [2.05, 4.69) is 51.5 Å². The van der Waals surface area contributed by atoms with Crippen LogP contribution in [0.3, 0.4) is 0 Å². The molecule has 0 amide bonds. The van der Waals surface area contributed by atoms with E-state index in [0.29, 0.717) is 12.1 Å². The SMILES string of the molecule is CCCNC(C)c1c(CC)nn(C(C)CCC)c1CC. The maximum absolute atomic E-state index is 4.92. The largest absolute Gasteiger partial charge is 0.310 e. The van der Waals surface area contributed by atoms with Crippen molar-refractivity contribution in [3.63, 3.8) is 0 Å². The Morgan fingerprint density at radius 1 is 1.05 bits per heavy atom. The number of aryl methyl sites for hydroxylation is 1. The molecule has 1 aromatic rings. The highest BCUT2D eigenvalue weighted by molar-refractivity contribution is 5.30. The van der Waals surface area contributed by atoms with Crippen LogP contribution in [0.15, 0.2) is 0 Å². The van der Waals surface area contributed by atoms with E-state index in [1.807, 2.05) is 0 Å². The highest BCUT2D eigenvalue weighted by Gasteiger charge is 2.22. The van der Waals surface area contributed by atoms with Gasteiger partial charge in [-0.25, -0.2) is 0 Å². The lowest BCUT2D eigenvalue weighted by atomic mass is 10.0. The van der Waals surface area contributed by atoms with E-state index < -0.39 is 0 Å². The molecule has 0 bridgehead atoms. The second-order valence-corrected chi connectivity index (χ2v) is 5.77. The quantitative estimate of drug-likeness (QED) is 0.724. The van der Waals surface area contributed by atoms with Gasteiger partial charge in [-0.05, 0) is 46.1 Å². The normalized spacial score (nSPS) is 14.5. The van der Waals surface area contributed by atoms with E-state index in [0.717, 1.165) is 19.4 Å². The lowest BCUT2D eigenvalue weighted by Gasteiger charge is -2.18. The molecule has 1 rings (SSSR count). The number of nitrogens with one attached hydrogen (secondary N) is 1. The van der Waals surface area contributed by atoms with Crippen molar-refractivity contribution < 1.29 is 0 Å². The van der Waals surface area contributed by atoms with E-state index in [-0.39, 0.29) is 0 Å². The van der Waals surface area contributed by atoms with E-state index >= 15 is 0 Å². The van der Waals surface area contributed by atoms with Crippen molar-refractivity contribution in [3.05, 3.63) is 17.0 Å². The first-order chi connectivity index (χ1) is 9.60. The molecule has 0 saturated heterocycles. The minimum absolute atomic E-state index is 0.405. The molecule has 2 unspecified atom stereocenters. The van der Waals surface area contributed by atoms with E-state index in [4.69, 9.17) is 5.10 Å². The summed E-state index contributed by atoms with van der Waals surface area (Å²) in [5, 5.41) is 8.55. The van der Waals surface area contributed by atoms with Gasteiger partial charge in [0.1, 0.15) is 0 Å². The van der Waals surface area contributed by atoms with Crippen LogP contribution >= 0.6 is 0 Å². The van der Waals surface area contributed by atoms with Crippen molar-refractivity contribution in [2.24, 2.45) is 0 Å². The standard InChI is InChI=1S/C17H33N3/c1-7-11-13(5)20-16(10-4)17(15(9-3)19-20)14(6)18-12-8-2/h13-14,18H,7-12H2,1-6H3. The third-order valence-corrected chi connectivity index (χ3v) is 4.05. The van der Waals surface area contributed by atoms with Gasteiger partial charge in [0.05, 0.1) is 5.69 Å². The molecule has 0 aromatic carbocycles. The van der Waals surface area contributed by atoms with Crippen LogP contribution in [-0.2, 0) is 12.8 Å². The Morgan fingerprint density at radius 2 is 1.75 bits per heavy atom. The first kappa shape index (κ1) is 17.2. The van der Waals surface area contributed by atoms with Gasteiger partial charge in [0.15, 0.2) is 0 Å². The topological polar surface area (TPSA) is 29.9 Å². The number of rotatable bonds is 9. The number of nitrogens with zero attached hydrogens (tertiary/aromatic N) is 2. The summed E-state index contributed by atoms with van der Waals surface area (Å²) in [7, 11) is 0. The molecule has 0 radical (unpaired) electrons. The Balaban J connectivity index is 3.13. The van der Waals surface area contributed by atoms with Gasteiger partial charge in [-0.3, -0.25) is 4.68 Å². The van der Waals surface area contributed by atoms with Crippen molar-refractivity contribution in [1.29, 1.82) is 0 Å². The fourth-order valence-electron chi connectivity index (χ4n) is 3.02.